The summed E-state index contributed by atoms with van der Waals surface area (Å²) in [5, 5.41) is 0. The summed E-state index contributed by atoms with van der Waals surface area (Å²) in [5.41, 5.74) is 12.0. The molecule has 0 radical (unpaired) electrons. The van der Waals surface area contributed by atoms with Gasteiger partial charge in [-0.2, -0.15) is 0 Å². The minimum absolute atomic E-state index is 0.0472. The van der Waals surface area contributed by atoms with E-state index in [1.54, 1.807) is 0 Å². The topological polar surface area (TPSA) is 78.6 Å². The highest BCUT2D eigenvalue weighted by atomic mass is 32.1. The van der Waals surface area contributed by atoms with E-state index in [4.69, 9.17) is 146 Å². The smallest absolute Gasteiger partial charge is 0.0798 e. The highest BCUT2D eigenvalue weighted by molar-refractivity contribution is 7.75. The lowest BCUT2D eigenvalue weighted by Crippen LogP contribution is -2.31. The van der Waals surface area contributed by atoms with Crippen LogP contribution in [0.3, 0.4) is 0 Å². The van der Waals surface area contributed by atoms with Gasteiger partial charge in [-0.05, 0) is 107 Å². The molecule has 0 heterocycles. The molecule has 0 aromatic heterocycles. The van der Waals surface area contributed by atoms with Gasteiger partial charge >= 0.3 is 0 Å². The summed E-state index contributed by atoms with van der Waals surface area (Å²) in [5.74, 6) is 0. The van der Waals surface area contributed by atoms with Crippen molar-refractivity contribution >= 4 is 151 Å². The van der Waals surface area contributed by atoms with Crippen LogP contribution in [0.5, 0.6) is 0 Å². The van der Waals surface area contributed by atoms with Crippen LogP contribution in [0.15, 0.2) is 0 Å². The van der Waals surface area contributed by atoms with Gasteiger partial charge in [0.15, 0.2) is 0 Å². The molecule has 5 rings (SSSR count). The van der Waals surface area contributed by atoms with Crippen LogP contribution >= 0.6 is 122 Å². The molecule has 0 spiro atoms. The number of hydrogen-bond acceptors (Lipinski definition) is 25. The minimum Gasteiger partial charge on any atom is -0.378 e. The van der Waals surface area contributed by atoms with Gasteiger partial charge in [0.25, 0.3) is 0 Å². The molecule has 25 heteroatoms. The summed E-state index contributed by atoms with van der Waals surface area (Å²) in [7, 11) is 18.7. The van der Waals surface area contributed by atoms with Crippen LogP contribution in [0.1, 0.15) is 186 Å². The largest absolute Gasteiger partial charge is 0.378 e. The van der Waals surface area contributed by atoms with Crippen molar-refractivity contribution in [2.24, 2.45) is 0 Å². The standard InChI is InChI=1S/C18H32N2OS2.2C17H30N2OS2.C16H28N2OS2.C15H26N2OS2/c1-7-9-20(8-2)11-13-21-12-10-19(6)15-14(18(3,4)5)16(22)17(15)23;1-7-8-18(5)9-11-20-12-10-19(6)14-13(17(2,3)4)15(21)16(14)22;1-7-19(8-2)10-12-20-11-9-18(6)14-13(17(3,4)5)15(21)16(14)22;1-7-17(5)8-10-19-11-9-18(6)13-12(16(2,3)4)14(20)15(13)21;1-15(2,3)11-12(14(20)13(11)19)17(6)8-10-18-9-7-16(4)5/h7-13H2,1-6H3;2*7-12H2,1-6H3;7-11H2,1-6H3;7-10H2,1-6H3. The first-order valence-corrected chi connectivity index (χ1v) is 43.2. The maximum Gasteiger partial charge on any atom is 0.0798 e. The normalized spacial score (nSPS) is 12.3. The van der Waals surface area contributed by atoms with Crippen LogP contribution in [0.25, 0.3) is 0 Å². The van der Waals surface area contributed by atoms with E-state index in [2.05, 4.69) is 244 Å². The van der Waals surface area contributed by atoms with Gasteiger partial charge in [0, 0.05) is 129 Å². The van der Waals surface area contributed by atoms with Crippen LogP contribution in [-0.2, 0) is 50.8 Å². The maximum absolute atomic E-state index is 5.80. The van der Waals surface area contributed by atoms with Gasteiger partial charge in [-0.1, -0.05) is 268 Å². The zero-order chi connectivity index (χ0) is 83.2. The predicted molar refractivity (Wildman–Crippen MR) is 496 cm³/mol. The third-order valence-corrected chi connectivity index (χ3v) is 23.7. The lowest BCUT2D eigenvalue weighted by molar-refractivity contribution is 0.110. The van der Waals surface area contributed by atoms with Crippen molar-refractivity contribution in [1.82, 2.24) is 24.5 Å². The van der Waals surface area contributed by atoms with Gasteiger partial charge in [-0.3, -0.25) is 0 Å². The monoisotopic (exact) mass is 1680 g/mol. The summed E-state index contributed by atoms with van der Waals surface area (Å²) in [6.45, 7) is 69.0. The first-order chi connectivity index (χ1) is 50.0. The van der Waals surface area contributed by atoms with Gasteiger partial charge in [-0.15, -0.1) is 0 Å². The summed E-state index contributed by atoms with van der Waals surface area (Å²) in [6.07, 6.45) is 2.37. The number of nitrogens with zero attached hydrogens (tertiary/aromatic N) is 10. The fourth-order valence-electron chi connectivity index (χ4n) is 12.3. The van der Waals surface area contributed by atoms with E-state index in [0.717, 1.165) is 218 Å². The number of ether oxygens (including phenoxy) is 5. The molecule has 618 valence electrons. The predicted octanol–water partition coefficient (Wildman–Crippen LogP) is 19.8. The number of rotatable bonds is 43. The lowest BCUT2D eigenvalue weighted by atomic mass is 9.83. The fourth-order valence-corrected chi connectivity index (χ4v) is 16.6. The van der Waals surface area contributed by atoms with Crippen molar-refractivity contribution in [3.05, 3.63) is 72.9 Å². The van der Waals surface area contributed by atoms with Crippen molar-refractivity contribution in [2.45, 2.75) is 185 Å². The molecule has 0 aliphatic carbocycles. The van der Waals surface area contributed by atoms with E-state index >= 15 is 0 Å². The minimum atomic E-state index is 0.0472. The Morgan fingerprint density at radius 3 is 0.630 bits per heavy atom. The van der Waals surface area contributed by atoms with Gasteiger partial charge in [0.2, 0.25) is 0 Å². The molecule has 5 aromatic carbocycles. The van der Waals surface area contributed by atoms with Crippen LogP contribution < -0.4 is 24.5 Å². The van der Waals surface area contributed by atoms with E-state index in [0.29, 0.717) is 26.4 Å². The van der Waals surface area contributed by atoms with E-state index in [1.165, 1.54) is 40.7 Å². The van der Waals surface area contributed by atoms with Crippen LogP contribution in [0.2, 0.25) is 0 Å². The molecule has 0 aliphatic heterocycles. The van der Waals surface area contributed by atoms with Crippen LogP contribution in [-0.4, -0.2) is 259 Å². The molecule has 0 atom stereocenters. The number of anilines is 5. The molecule has 0 saturated heterocycles. The SMILES string of the molecule is CCCN(C)CCOCCN(C)c1c(C(C)(C)C)c(=S)c1=S.CCCN(CC)CCOCCN(C)c1c(C(C)(C)C)c(=S)c1=S.CCN(C)CCOCCN(C)c1c(C(C)(C)C)c(=S)c1=S.CCN(CC)CCOCCN(C)c1c(C(C)(C)C)c(=S)c1=S.CN(C)CCOCCN(C)c1c(C(C)(C)C)c(=S)c1=S. The van der Waals surface area contributed by atoms with E-state index < -0.39 is 0 Å². The highest BCUT2D eigenvalue weighted by Gasteiger charge is 2.32. The Balaban J connectivity index is 0.000000675. The molecule has 0 fully saturated rings. The van der Waals surface area contributed by atoms with E-state index in [9.17, 15) is 0 Å². The van der Waals surface area contributed by atoms with Crippen molar-refractivity contribution in [3.63, 3.8) is 0 Å². The van der Waals surface area contributed by atoms with Gasteiger partial charge in [-0.25, -0.2) is 0 Å². The molecular formula is C83H146N10O5S10. The molecule has 0 bridgehead atoms. The molecular weight excluding hydrogens is 1540 g/mol. The average Bonchev–Trinajstić information content (AvgIpc) is 0.781. The lowest BCUT2D eigenvalue weighted by Gasteiger charge is -2.32. The van der Waals surface area contributed by atoms with Crippen molar-refractivity contribution in [3.8, 4) is 0 Å². The summed E-state index contributed by atoms with van der Waals surface area (Å²) < 4.78 is 37.2. The van der Waals surface area contributed by atoms with Gasteiger partial charge in [0.05, 0.1) is 140 Å². The molecule has 0 saturated carbocycles. The van der Waals surface area contributed by atoms with E-state index in [-0.39, 0.29) is 27.1 Å². The zero-order valence-corrected chi connectivity index (χ0v) is 81.1. The Bertz CT molecular complexity index is 3810. The second-order valence-electron chi connectivity index (χ2n) is 33.8. The molecule has 0 aliphatic rings. The van der Waals surface area contributed by atoms with Crippen molar-refractivity contribution in [1.29, 1.82) is 0 Å². The third kappa shape index (κ3) is 33.4. The Morgan fingerprint density at radius 1 is 0.222 bits per heavy atom. The second-order valence-corrected chi connectivity index (χ2v) is 37.9. The summed E-state index contributed by atoms with van der Waals surface area (Å²) in [6, 6.07) is 0. The average molecular weight is 1680 g/mol. The third-order valence-electron chi connectivity index (χ3n) is 19.0. The second kappa shape index (κ2) is 50.0. The van der Waals surface area contributed by atoms with Gasteiger partial charge in [0.1, 0.15) is 0 Å². The highest BCUT2D eigenvalue weighted by Crippen LogP contribution is 2.43. The first kappa shape index (κ1) is 104. The van der Waals surface area contributed by atoms with Gasteiger partial charge < -0.3 is 72.7 Å². The fraction of sp³-hybridized carbons (Fsp3) is 0.759. The van der Waals surface area contributed by atoms with Crippen LogP contribution in [0, 0.1) is 45.1 Å². The molecule has 108 heavy (non-hydrogen) atoms. The molecule has 0 unspecified atom stereocenters. The zero-order valence-electron chi connectivity index (χ0n) is 72.9. The summed E-state index contributed by atoms with van der Waals surface area (Å²) >= 11 is 54.2. The quantitative estimate of drug-likeness (QED) is 0.0274. The summed E-state index contributed by atoms with van der Waals surface area (Å²) in [4.78, 5) is 22.4. The first-order valence-electron chi connectivity index (χ1n) is 39.1. The van der Waals surface area contributed by atoms with Crippen molar-refractivity contribution < 1.29 is 23.7 Å². The number of likely N-dealkylation sites (N-methyl/N-ethyl adjacent to an activating group) is 10. The Morgan fingerprint density at radius 2 is 0.426 bits per heavy atom. The Kier molecular flexibility index (Phi) is 48.2. The Hall–Kier alpha value is -1.80. The van der Waals surface area contributed by atoms with Crippen LogP contribution in [0.4, 0.5) is 28.4 Å². The maximum atomic E-state index is 5.80. The Labute approximate surface area is 709 Å². The molecule has 5 aromatic rings. The molecule has 15 nitrogen and oxygen atoms in total. The van der Waals surface area contributed by atoms with E-state index in [1.807, 2.05) is 14.1 Å². The van der Waals surface area contributed by atoms with Crippen molar-refractivity contribution in [2.75, 3.05) is 259 Å². The molecule has 0 N–H and O–H groups in total. The molecule has 0 amide bonds. The number of hydrogen-bond donors (Lipinski definition) is 0.